The molecule has 2 aliphatic rings. The van der Waals surface area contributed by atoms with E-state index in [0.717, 1.165) is 0 Å². The third kappa shape index (κ3) is 1.90. The number of halogens is 2. The van der Waals surface area contributed by atoms with E-state index in [2.05, 4.69) is 5.32 Å². The summed E-state index contributed by atoms with van der Waals surface area (Å²) in [7, 11) is 0. The second-order valence-electron chi connectivity index (χ2n) is 4.41. The lowest BCUT2D eigenvalue weighted by Crippen LogP contribution is -2.32. The summed E-state index contributed by atoms with van der Waals surface area (Å²) in [5, 5.41) is 2.78. The zero-order chi connectivity index (χ0) is 13.6. The van der Waals surface area contributed by atoms with E-state index in [0.29, 0.717) is 11.3 Å². The van der Waals surface area contributed by atoms with E-state index in [1.807, 2.05) is 0 Å². The number of esters is 1. The molecule has 0 saturated carbocycles. The molecule has 1 amide bonds. The number of carbonyl (C=O) groups is 2. The molecule has 0 radical (unpaired) electrons. The van der Waals surface area contributed by atoms with Gasteiger partial charge in [0, 0.05) is 22.9 Å². The maximum absolute atomic E-state index is 14.0. The van der Waals surface area contributed by atoms with Gasteiger partial charge in [0.25, 0.3) is 0 Å². The smallest absolute Gasteiger partial charge is 0.336 e. The molecule has 98 valence electrons. The first-order chi connectivity index (χ1) is 9.08. The van der Waals surface area contributed by atoms with Crippen molar-refractivity contribution in [2.45, 2.75) is 12.3 Å². The van der Waals surface area contributed by atoms with Crippen molar-refractivity contribution in [2.24, 2.45) is 0 Å². The Kier molecular flexibility index (Phi) is 2.78. The molecule has 1 aromatic carbocycles. The Morgan fingerprint density at radius 3 is 2.89 bits per heavy atom. The zero-order valence-electron chi connectivity index (χ0n) is 9.70. The molecule has 0 unspecified atom stereocenters. The van der Waals surface area contributed by atoms with Gasteiger partial charge >= 0.3 is 5.97 Å². The molecule has 0 bridgehead atoms. The predicted octanol–water partition coefficient (Wildman–Crippen LogP) is 1.89. The molecule has 4 nitrogen and oxygen atoms in total. The number of rotatable bonds is 1. The first-order valence-corrected chi connectivity index (χ1v) is 6.09. The van der Waals surface area contributed by atoms with Crippen LogP contribution >= 0.6 is 11.6 Å². The molecule has 0 saturated heterocycles. The standard InChI is InChI=1S/C13H9ClFNO3/c14-7-2-1-3-8(15)11(7)6-4-10(17)16-9-5-19-13(18)12(6)9/h1-3,6H,4-5H2,(H,16,17)/t6-/m0/s1. The van der Waals surface area contributed by atoms with Crippen LogP contribution in [0.2, 0.25) is 5.02 Å². The van der Waals surface area contributed by atoms with Crippen LogP contribution in [0.4, 0.5) is 4.39 Å². The van der Waals surface area contributed by atoms with Gasteiger partial charge in [-0.1, -0.05) is 17.7 Å². The highest BCUT2D eigenvalue weighted by Gasteiger charge is 2.39. The Hall–Kier alpha value is -1.88. The van der Waals surface area contributed by atoms with Gasteiger partial charge in [0.05, 0.1) is 11.3 Å². The summed E-state index contributed by atoms with van der Waals surface area (Å²) < 4.78 is 18.8. The predicted molar refractivity (Wildman–Crippen MR) is 64.9 cm³/mol. The molecular formula is C13H9ClFNO3. The van der Waals surface area contributed by atoms with E-state index in [1.54, 1.807) is 0 Å². The molecule has 1 atom stereocenters. The lowest BCUT2D eigenvalue weighted by molar-refractivity contribution is -0.136. The quantitative estimate of drug-likeness (QED) is 0.800. The van der Waals surface area contributed by atoms with E-state index in [4.69, 9.17) is 16.3 Å². The lowest BCUT2D eigenvalue weighted by Gasteiger charge is -2.23. The zero-order valence-corrected chi connectivity index (χ0v) is 10.5. The summed E-state index contributed by atoms with van der Waals surface area (Å²) in [6, 6.07) is 4.27. The normalized spacial score (nSPS) is 22.1. The first kappa shape index (κ1) is 12.2. The summed E-state index contributed by atoms with van der Waals surface area (Å²) in [6.07, 6.45) is -0.0193. The number of ether oxygens (including phenoxy) is 1. The van der Waals surface area contributed by atoms with E-state index in [1.165, 1.54) is 18.2 Å². The molecule has 19 heavy (non-hydrogen) atoms. The Bertz CT molecular complexity index is 606. The van der Waals surface area contributed by atoms with Crippen LogP contribution in [0.5, 0.6) is 0 Å². The van der Waals surface area contributed by atoms with Crippen molar-refractivity contribution in [1.29, 1.82) is 0 Å². The fraction of sp³-hybridized carbons (Fsp3) is 0.231. The largest absolute Gasteiger partial charge is 0.456 e. The number of benzene rings is 1. The number of amides is 1. The highest BCUT2D eigenvalue weighted by atomic mass is 35.5. The number of cyclic esters (lactones) is 1. The van der Waals surface area contributed by atoms with Gasteiger partial charge in [0.15, 0.2) is 0 Å². The monoisotopic (exact) mass is 281 g/mol. The van der Waals surface area contributed by atoms with E-state index < -0.39 is 17.7 Å². The second kappa shape index (κ2) is 4.35. The van der Waals surface area contributed by atoms with Gasteiger partial charge in [-0.15, -0.1) is 0 Å². The van der Waals surface area contributed by atoms with E-state index in [-0.39, 0.29) is 29.5 Å². The van der Waals surface area contributed by atoms with Crippen molar-refractivity contribution in [3.63, 3.8) is 0 Å². The van der Waals surface area contributed by atoms with Crippen LogP contribution in [0.15, 0.2) is 29.5 Å². The van der Waals surface area contributed by atoms with Gasteiger partial charge in [0.1, 0.15) is 12.4 Å². The molecule has 6 heteroatoms. The van der Waals surface area contributed by atoms with Gasteiger partial charge in [0.2, 0.25) is 5.91 Å². The van der Waals surface area contributed by atoms with Crippen molar-refractivity contribution in [3.8, 4) is 0 Å². The van der Waals surface area contributed by atoms with Gasteiger partial charge in [-0.05, 0) is 12.1 Å². The summed E-state index contributed by atoms with van der Waals surface area (Å²) in [4.78, 5) is 23.4. The average Bonchev–Trinajstić information content (AvgIpc) is 2.70. The van der Waals surface area contributed by atoms with Crippen molar-refractivity contribution < 1.29 is 18.7 Å². The molecule has 1 N–H and O–H groups in total. The Morgan fingerprint density at radius 1 is 1.37 bits per heavy atom. The number of hydrogen-bond donors (Lipinski definition) is 1. The summed E-state index contributed by atoms with van der Waals surface area (Å²) in [5.41, 5.74) is 0.877. The lowest BCUT2D eigenvalue weighted by atomic mass is 9.85. The highest BCUT2D eigenvalue weighted by molar-refractivity contribution is 6.31. The topological polar surface area (TPSA) is 55.4 Å². The number of nitrogens with one attached hydrogen (secondary N) is 1. The van der Waals surface area contributed by atoms with Crippen molar-refractivity contribution in [2.75, 3.05) is 6.61 Å². The maximum atomic E-state index is 14.0. The van der Waals surface area contributed by atoms with Gasteiger partial charge in [-0.25, -0.2) is 9.18 Å². The van der Waals surface area contributed by atoms with E-state index in [9.17, 15) is 14.0 Å². The third-order valence-electron chi connectivity index (χ3n) is 3.27. The minimum atomic E-state index is -0.688. The number of hydrogen-bond acceptors (Lipinski definition) is 3. The Balaban J connectivity index is 2.16. The summed E-state index contributed by atoms with van der Waals surface area (Å²) >= 11 is 6.00. The van der Waals surface area contributed by atoms with Crippen LogP contribution in [-0.2, 0) is 14.3 Å². The maximum Gasteiger partial charge on any atom is 0.336 e. The molecular weight excluding hydrogens is 273 g/mol. The van der Waals surface area contributed by atoms with Crippen LogP contribution in [0.25, 0.3) is 0 Å². The molecule has 0 aromatic heterocycles. The van der Waals surface area contributed by atoms with Crippen LogP contribution in [-0.4, -0.2) is 18.5 Å². The van der Waals surface area contributed by atoms with Crippen molar-refractivity contribution in [3.05, 3.63) is 45.9 Å². The summed E-state index contributed by atoms with van der Waals surface area (Å²) in [5.74, 6) is -2.02. The minimum Gasteiger partial charge on any atom is -0.456 e. The SMILES string of the molecule is O=C1C[C@@H](c2c(F)cccc2Cl)C2=C(COC2=O)N1. The Labute approximate surface area is 113 Å². The molecule has 2 heterocycles. The molecule has 0 aliphatic carbocycles. The van der Waals surface area contributed by atoms with E-state index >= 15 is 0 Å². The number of carbonyl (C=O) groups excluding carboxylic acids is 2. The molecule has 0 spiro atoms. The second-order valence-corrected chi connectivity index (χ2v) is 4.82. The van der Waals surface area contributed by atoms with Crippen LogP contribution in [0, 0.1) is 5.82 Å². The Morgan fingerprint density at radius 2 is 2.16 bits per heavy atom. The minimum absolute atomic E-state index is 0.0163. The fourth-order valence-electron chi connectivity index (χ4n) is 2.47. The van der Waals surface area contributed by atoms with Crippen LogP contribution in [0.3, 0.4) is 0 Å². The fourth-order valence-corrected chi connectivity index (χ4v) is 2.76. The molecule has 3 rings (SSSR count). The summed E-state index contributed by atoms with van der Waals surface area (Å²) in [6.45, 7) is 0.0163. The molecule has 2 aliphatic heterocycles. The van der Waals surface area contributed by atoms with Gasteiger partial charge in [-0.3, -0.25) is 4.79 Å². The van der Waals surface area contributed by atoms with Crippen LogP contribution < -0.4 is 5.32 Å². The van der Waals surface area contributed by atoms with Gasteiger partial charge in [-0.2, -0.15) is 0 Å². The van der Waals surface area contributed by atoms with Crippen LogP contribution in [0.1, 0.15) is 17.9 Å². The average molecular weight is 282 g/mol. The first-order valence-electron chi connectivity index (χ1n) is 5.72. The third-order valence-corrected chi connectivity index (χ3v) is 3.60. The molecule has 0 fully saturated rings. The van der Waals surface area contributed by atoms with Gasteiger partial charge < -0.3 is 10.1 Å². The highest BCUT2D eigenvalue weighted by Crippen LogP contribution is 2.40. The van der Waals surface area contributed by atoms with Crippen molar-refractivity contribution >= 4 is 23.5 Å². The molecule has 1 aromatic rings. The van der Waals surface area contributed by atoms with Crippen molar-refractivity contribution in [1.82, 2.24) is 5.32 Å².